The van der Waals surface area contributed by atoms with Crippen LogP contribution in [0.5, 0.6) is 11.5 Å². The van der Waals surface area contributed by atoms with Gasteiger partial charge in [-0.3, -0.25) is 4.99 Å². The van der Waals surface area contributed by atoms with Crippen LogP contribution in [0, 0.1) is 13.8 Å². The van der Waals surface area contributed by atoms with Crippen LogP contribution in [0.3, 0.4) is 0 Å². The first-order valence-electron chi connectivity index (χ1n) is 9.50. The number of rotatable bonds is 10. The van der Waals surface area contributed by atoms with Crippen molar-refractivity contribution in [2.45, 2.75) is 46.8 Å². The van der Waals surface area contributed by atoms with Gasteiger partial charge in [-0.15, -0.1) is 35.3 Å². The van der Waals surface area contributed by atoms with Gasteiger partial charge in [0.05, 0.1) is 17.3 Å². The highest BCUT2D eigenvalue weighted by Crippen LogP contribution is 2.26. The lowest BCUT2D eigenvalue weighted by Crippen LogP contribution is -2.38. The van der Waals surface area contributed by atoms with Gasteiger partial charge in [0.2, 0.25) is 0 Å². The number of ether oxygens (including phenoxy) is 2. The molecule has 0 aliphatic carbocycles. The second-order valence-corrected chi connectivity index (χ2v) is 7.64. The molecule has 0 saturated carbocycles. The molecule has 1 aromatic heterocycles. The Balaban J connectivity index is 0.00000450. The molecule has 2 aromatic rings. The molecule has 168 valence electrons. The summed E-state index contributed by atoms with van der Waals surface area (Å²) in [7, 11) is 1.66. The van der Waals surface area contributed by atoms with Crippen LogP contribution in [0.15, 0.2) is 23.2 Å². The summed E-state index contributed by atoms with van der Waals surface area (Å²) in [5, 5.41) is 7.40. The minimum atomic E-state index is -2.90. The van der Waals surface area contributed by atoms with Crippen LogP contribution in [-0.4, -0.2) is 37.8 Å². The van der Waals surface area contributed by atoms with Crippen molar-refractivity contribution >= 4 is 41.3 Å². The minimum Gasteiger partial charge on any atom is -0.493 e. The van der Waals surface area contributed by atoms with E-state index in [1.807, 2.05) is 13.8 Å². The van der Waals surface area contributed by atoms with Crippen molar-refractivity contribution in [2.75, 3.05) is 20.2 Å². The fraction of sp³-hybridized carbons (Fsp3) is 0.500. The molecule has 6 nitrogen and oxygen atoms in total. The maximum atomic E-state index is 12.8. The highest BCUT2D eigenvalue weighted by Gasteiger charge is 2.12. The zero-order valence-electron chi connectivity index (χ0n) is 17.6. The third-order valence-corrected chi connectivity index (χ3v) is 5.23. The number of benzene rings is 1. The number of thiazole rings is 1. The first-order chi connectivity index (χ1) is 13.9. The van der Waals surface area contributed by atoms with Gasteiger partial charge in [-0.1, -0.05) is 6.92 Å². The summed E-state index contributed by atoms with van der Waals surface area (Å²) < 4.78 is 35.7. The van der Waals surface area contributed by atoms with Crippen LogP contribution in [-0.2, 0) is 13.0 Å². The molecule has 0 radical (unpaired) electrons. The molecule has 0 aliphatic rings. The predicted molar refractivity (Wildman–Crippen MR) is 128 cm³/mol. The van der Waals surface area contributed by atoms with Gasteiger partial charge in [0, 0.05) is 43.1 Å². The number of hydrogen-bond donors (Lipinski definition) is 2. The monoisotopic (exact) mass is 554 g/mol. The first kappa shape index (κ1) is 26.3. The van der Waals surface area contributed by atoms with Crippen molar-refractivity contribution in [3.05, 3.63) is 39.3 Å². The standard InChI is InChI=1S/C20H28F2N4O2S.HI/c1-5-10-27-16-7-6-15(17(11-16)28-19(21)22)12-25-20(23-4)24-9-8-18-26-13(2)14(3)29-18;/h6-7,11,19H,5,8-10,12H2,1-4H3,(H2,23,24,25);1H. The van der Waals surface area contributed by atoms with E-state index < -0.39 is 6.61 Å². The normalized spacial score (nSPS) is 11.2. The summed E-state index contributed by atoms with van der Waals surface area (Å²) in [4.78, 5) is 9.91. The molecule has 2 rings (SSSR count). The highest BCUT2D eigenvalue weighted by molar-refractivity contribution is 14.0. The highest BCUT2D eigenvalue weighted by atomic mass is 127. The SMILES string of the molecule is CCCOc1ccc(CNC(=NC)NCCc2nc(C)c(C)s2)c(OC(F)F)c1.I. The number of guanidine groups is 1. The van der Waals surface area contributed by atoms with Crippen LogP contribution in [0.1, 0.15) is 34.5 Å². The van der Waals surface area contributed by atoms with E-state index in [0.717, 1.165) is 23.5 Å². The lowest BCUT2D eigenvalue weighted by Gasteiger charge is -2.15. The topological polar surface area (TPSA) is 67.8 Å². The van der Waals surface area contributed by atoms with E-state index in [1.54, 1.807) is 30.5 Å². The average Bonchev–Trinajstić information content (AvgIpc) is 3.00. The molecule has 0 aliphatic heterocycles. The second-order valence-electron chi connectivity index (χ2n) is 6.35. The van der Waals surface area contributed by atoms with Crippen LogP contribution in [0.4, 0.5) is 8.78 Å². The zero-order chi connectivity index (χ0) is 21.2. The zero-order valence-corrected chi connectivity index (χ0v) is 20.8. The Morgan fingerprint density at radius 2 is 2.03 bits per heavy atom. The Kier molecular flexibility index (Phi) is 11.9. The second kappa shape index (κ2) is 13.6. The summed E-state index contributed by atoms with van der Waals surface area (Å²) in [5.41, 5.74) is 1.65. The Morgan fingerprint density at radius 3 is 2.63 bits per heavy atom. The summed E-state index contributed by atoms with van der Waals surface area (Å²) in [6.07, 6.45) is 1.61. The van der Waals surface area contributed by atoms with E-state index in [2.05, 4.69) is 32.3 Å². The summed E-state index contributed by atoms with van der Waals surface area (Å²) in [5.74, 6) is 1.16. The van der Waals surface area contributed by atoms with E-state index in [0.29, 0.717) is 30.4 Å². The number of nitrogens with zero attached hydrogens (tertiary/aromatic N) is 2. The first-order valence-corrected chi connectivity index (χ1v) is 10.3. The Bertz CT molecular complexity index is 799. The minimum absolute atomic E-state index is 0. The van der Waals surface area contributed by atoms with E-state index >= 15 is 0 Å². The molecule has 0 fully saturated rings. The van der Waals surface area contributed by atoms with Crippen molar-refractivity contribution in [3.63, 3.8) is 0 Å². The number of aryl methyl sites for hydroxylation is 2. The van der Waals surface area contributed by atoms with Gasteiger partial charge in [-0.2, -0.15) is 8.78 Å². The summed E-state index contributed by atoms with van der Waals surface area (Å²) >= 11 is 1.69. The van der Waals surface area contributed by atoms with Crippen LogP contribution in [0.2, 0.25) is 0 Å². The van der Waals surface area contributed by atoms with Gasteiger partial charge >= 0.3 is 6.61 Å². The van der Waals surface area contributed by atoms with E-state index in [1.165, 1.54) is 10.9 Å². The molecule has 10 heteroatoms. The van der Waals surface area contributed by atoms with Gasteiger partial charge < -0.3 is 20.1 Å². The van der Waals surface area contributed by atoms with Gasteiger partial charge in [0.15, 0.2) is 5.96 Å². The number of nitrogens with one attached hydrogen (secondary N) is 2. The Morgan fingerprint density at radius 1 is 1.27 bits per heavy atom. The Hall–Kier alpha value is -1.69. The van der Waals surface area contributed by atoms with Gasteiger partial charge in [0.25, 0.3) is 0 Å². The number of halogens is 3. The summed E-state index contributed by atoms with van der Waals surface area (Å²) in [6.45, 7) is 4.59. The molecule has 1 heterocycles. The van der Waals surface area contributed by atoms with Crippen LogP contribution < -0.4 is 20.1 Å². The predicted octanol–water partition coefficient (Wildman–Crippen LogP) is 4.68. The van der Waals surface area contributed by atoms with Crippen molar-refractivity contribution in [1.29, 1.82) is 0 Å². The molecule has 0 spiro atoms. The van der Waals surface area contributed by atoms with Crippen molar-refractivity contribution < 1.29 is 18.3 Å². The van der Waals surface area contributed by atoms with Crippen LogP contribution in [0.25, 0.3) is 0 Å². The maximum absolute atomic E-state index is 12.8. The van der Waals surface area contributed by atoms with E-state index in [9.17, 15) is 8.78 Å². The number of aliphatic imine (C=N–C) groups is 1. The molecular weight excluding hydrogens is 525 g/mol. The molecule has 0 unspecified atom stereocenters. The fourth-order valence-electron chi connectivity index (χ4n) is 2.53. The molecule has 2 N–H and O–H groups in total. The van der Waals surface area contributed by atoms with E-state index in [-0.39, 0.29) is 36.3 Å². The fourth-order valence-corrected chi connectivity index (χ4v) is 3.46. The number of aromatic nitrogens is 1. The van der Waals surface area contributed by atoms with E-state index in [4.69, 9.17) is 4.74 Å². The third-order valence-electron chi connectivity index (χ3n) is 4.10. The smallest absolute Gasteiger partial charge is 0.387 e. The molecular formula is C20H29F2IN4O2S. The molecule has 0 amide bonds. The average molecular weight is 554 g/mol. The molecule has 0 atom stereocenters. The number of alkyl halides is 2. The largest absolute Gasteiger partial charge is 0.493 e. The molecule has 0 bridgehead atoms. The maximum Gasteiger partial charge on any atom is 0.387 e. The molecule has 1 aromatic carbocycles. The third kappa shape index (κ3) is 8.58. The number of hydrogen-bond acceptors (Lipinski definition) is 5. The van der Waals surface area contributed by atoms with Crippen molar-refractivity contribution in [2.24, 2.45) is 4.99 Å². The van der Waals surface area contributed by atoms with Crippen molar-refractivity contribution in [1.82, 2.24) is 15.6 Å². The molecule has 30 heavy (non-hydrogen) atoms. The lowest BCUT2D eigenvalue weighted by molar-refractivity contribution is -0.0505. The van der Waals surface area contributed by atoms with Gasteiger partial charge in [-0.05, 0) is 32.4 Å². The summed E-state index contributed by atoms with van der Waals surface area (Å²) in [6, 6.07) is 4.95. The van der Waals surface area contributed by atoms with Crippen LogP contribution >= 0.6 is 35.3 Å². The quantitative estimate of drug-likeness (QED) is 0.254. The lowest BCUT2D eigenvalue weighted by atomic mass is 10.2. The van der Waals surface area contributed by atoms with Crippen molar-refractivity contribution in [3.8, 4) is 11.5 Å². The Labute approximate surface area is 197 Å². The van der Waals surface area contributed by atoms with Gasteiger partial charge in [-0.25, -0.2) is 4.98 Å². The molecule has 0 saturated heterocycles. The van der Waals surface area contributed by atoms with Gasteiger partial charge in [0.1, 0.15) is 11.5 Å².